The maximum absolute atomic E-state index is 12.6. The molecule has 4 heteroatoms. The van der Waals surface area contributed by atoms with E-state index >= 15 is 0 Å². The number of aryl methyl sites for hydroxylation is 2. The molecule has 124 valence electrons. The number of rotatable bonds is 5. The summed E-state index contributed by atoms with van der Waals surface area (Å²) in [6.45, 7) is 4.40. The third-order valence-electron chi connectivity index (χ3n) is 4.71. The highest BCUT2D eigenvalue weighted by Gasteiger charge is 2.56. The molecular formula is C20H22N2O2. The van der Waals surface area contributed by atoms with E-state index in [1.165, 1.54) is 0 Å². The van der Waals surface area contributed by atoms with Crippen molar-refractivity contribution in [2.75, 3.05) is 5.32 Å². The second-order valence-electron chi connectivity index (χ2n) is 6.46. The fourth-order valence-corrected chi connectivity index (χ4v) is 2.79. The lowest BCUT2D eigenvalue weighted by atomic mass is 10.0. The number of hydrogen-bond donors (Lipinski definition) is 2. The first-order valence-corrected chi connectivity index (χ1v) is 8.23. The van der Waals surface area contributed by atoms with Crippen LogP contribution in [0.3, 0.4) is 0 Å². The van der Waals surface area contributed by atoms with Crippen LogP contribution >= 0.6 is 0 Å². The Bertz CT molecular complexity index is 779. The van der Waals surface area contributed by atoms with Gasteiger partial charge in [-0.15, -0.1) is 0 Å². The number of anilines is 1. The van der Waals surface area contributed by atoms with Crippen LogP contribution in [0.1, 0.15) is 29.5 Å². The fraction of sp³-hybridized carbons (Fsp3) is 0.300. The number of carbonyl (C=O) groups excluding carboxylic acids is 2. The van der Waals surface area contributed by atoms with Gasteiger partial charge in [0, 0.05) is 12.2 Å². The largest absolute Gasteiger partial charge is 0.351 e. The Morgan fingerprint density at radius 1 is 0.917 bits per heavy atom. The molecule has 1 saturated carbocycles. The Morgan fingerprint density at radius 2 is 1.54 bits per heavy atom. The van der Waals surface area contributed by atoms with Crippen LogP contribution in [0.25, 0.3) is 0 Å². The van der Waals surface area contributed by atoms with Gasteiger partial charge in [0.1, 0.15) is 5.41 Å². The van der Waals surface area contributed by atoms with Gasteiger partial charge in [-0.25, -0.2) is 0 Å². The van der Waals surface area contributed by atoms with Crippen LogP contribution in [-0.4, -0.2) is 11.8 Å². The van der Waals surface area contributed by atoms with Crippen molar-refractivity contribution in [1.29, 1.82) is 0 Å². The summed E-state index contributed by atoms with van der Waals surface area (Å²) in [6, 6.07) is 15.5. The molecular weight excluding hydrogens is 300 g/mol. The van der Waals surface area contributed by atoms with Crippen molar-refractivity contribution in [3.63, 3.8) is 0 Å². The third kappa shape index (κ3) is 3.18. The molecule has 24 heavy (non-hydrogen) atoms. The lowest BCUT2D eigenvalue weighted by Gasteiger charge is -2.17. The van der Waals surface area contributed by atoms with E-state index in [0.717, 1.165) is 22.4 Å². The second kappa shape index (κ2) is 6.48. The SMILES string of the molecule is Cc1ccccc1CNC(=O)C1(C(=O)Nc2ccccc2C)CC1. The van der Waals surface area contributed by atoms with Gasteiger partial charge in [-0.3, -0.25) is 9.59 Å². The van der Waals surface area contributed by atoms with E-state index < -0.39 is 5.41 Å². The van der Waals surface area contributed by atoms with Crippen molar-refractivity contribution in [3.8, 4) is 0 Å². The van der Waals surface area contributed by atoms with Crippen molar-refractivity contribution < 1.29 is 9.59 Å². The number of nitrogens with one attached hydrogen (secondary N) is 2. The highest BCUT2D eigenvalue weighted by atomic mass is 16.2. The summed E-state index contributed by atoms with van der Waals surface area (Å²) in [5.74, 6) is -0.393. The average molecular weight is 322 g/mol. The molecule has 0 aliphatic heterocycles. The van der Waals surface area contributed by atoms with E-state index in [1.807, 2.05) is 62.4 Å². The first-order chi connectivity index (χ1) is 11.5. The zero-order valence-corrected chi connectivity index (χ0v) is 14.1. The van der Waals surface area contributed by atoms with Crippen LogP contribution in [0.2, 0.25) is 0 Å². The van der Waals surface area contributed by atoms with E-state index in [4.69, 9.17) is 0 Å². The average Bonchev–Trinajstić information content (AvgIpc) is 3.38. The van der Waals surface area contributed by atoms with E-state index in [9.17, 15) is 9.59 Å². The van der Waals surface area contributed by atoms with Crippen LogP contribution < -0.4 is 10.6 Å². The molecule has 0 spiro atoms. The van der Waals surface area contributed by atoms with E-state index in [-0.39, 0.29) is 11.8 Å². The summed E-state index contributed by atoms with van der Waals surface area (Å²) in [4.78, 5) is 25.2. The van der Waals surface area contributed by atoms with Gasteiger partial charge in [0.2, 0.25) is 11.8 Å². The Hall–Kier alpha value is -2.62. The molecule has 2 aromatic rings. The van der Waals surface area contributed by atoms with Crippen LogP contribution in [0, 0.1) is 19.3 Å². The molecule has 0 atom stereocenters. The molecule has 1 fully saturated rings. The van der Waals surface area contributed by atoms with Gasteiger partial charge >= 0.3 is 0 Å². The lowest BCUT2D eigenvalue weighted by molar-refractivity contribution is -0.134. The van der Waals surface area contributed by atoms with E-state index in [2.05, 4.69) is 10.6 Å². The van der Waals surface area contributed by atoms with E-state index in [1.54, 1.807) is 0 Å². The van der Waals surface area contributed by atoms with Crippen molar-refractivity contribution in [3.05, 3.63) is 65.2 Å². The van der Waals surface area contributed by atoms with Crippen LogP contribution in [0.4, 0.5) is 5.69 Å². The van der Waals surface area contributed by atoms with Gasteiger partial charge in [-0.05, 0) is 49.4 Å². The molecule has 0 heterocycles. The molecule has 1 aliphatic carbocycles. The highest BCUT2D eigenvalue weighted by molar-refractivity contribution is 6.13. The quantitative estimate of drug-likeness (QED) is 0.830. The van der Waals surface area contributed by atoms with Crippen LogP contribution in [0.5, 0.6) is 0 Å². The second-order valence-corrected chi connectivity index (χ2v) is 6.46. The molecule has 0 saturated heterocycles. The zero-order chi connectivity index (χ0) is 17.2. The van der Waals surface area contributed by atoms with Gasteiger partial charge in [-0.2, -0.15) is 0 Å². The summed E-state index contributed by atoms with van der Waals surface area (Å²) in [6.07, 6.45) is 1.20. The first kappa shape index (κ1) is 16.2. The summed E-state index contributed by atoms with van der Waals surface area (Å²) in [5, 5.41) is 5.83. The minimum Gasteiger partial charge on any atom is -0.351 e. The lowest BCUT2D eigenvalue weighted by Crippen LogP contribution is -2.39. The molecule has 4 nitrogen and oxygen atoms in total. The predicted octanol–water partition coefficient (Wildman–Crippen LogP) is 3.34. The maximum Gasteiger partial charge on any atom is 0.240 e. The van der Waals surface area contributed by atoms with Crippen molar-refractivity contribution >= 4 is 17.5 Å². The molecule has 1 aliphatic rings. The Balaban J connectivity index is 1.65. The predicted molar refractivity (Wildman–Crippen MR) is 94.5 cm³/mol. The molecule has 0 aromatic heterocycles. The number of benzene rings is 2. The summed E-state index contributed by atoms with van der Waals surface area (Å²) >= 11 is 0. The fourth-order valence-electron chi connectivity index (χ4n) is 2.79. The van der Waals surface area contributed by atoms with Gasteiger partial charge < -0.3 is 10.6 Å². The van der Waals surface area contributed by atoms with Crippen molar-refractivity contribution in [1.82, 2.24) is 5.32 Å². The molecule has 0 unspecified atom stereocenters. The molecule has 2 aromatic carbocycles. The Labute approximate surface area is 142 Å². The third-order valence-corrected chi connectivity index (χ3v) is 4.71. The van der Waals surface area contributed by atoms with Gasteiger partial charge in [0.25, 0.3) is 0 Å². The normalized spacial score (nSPS) is 14.8. The maximum atomic E-state index is 12.6. The zero-order valence-electron chi connectivity index (χ0n) is 14.1. The highest BCUT2D eigenvalue weighted by Crippen LogP contribution is 2.47. The van der Waals surface area contributed by atoms with Gasteiger partial charge in [0.15, 0.2) is 0 Å². The van der Waals surface area contributed by atoms with Gasteiger partial charge in [-0.1, -0.05) is 42.5 Å². The summed E-state index contributed by atoms with van der Waals surface area (Å²) in [5.41, 5.74) is 3.04. The van der Waals surface area contributed by atoms with Crippen LogP contribution in [-0.2, 0) is 16.1 Å². The van der Waals surface area contributed by atoms with Crippen molar-refractivity contribution in [2.45, 2.75) is 33.2 Å². The Morgan fingerprint density at radius 3 is 2.17 bits per heavy atom. The minimum absolute atomic E-state index is 0.183. The van der Waals surface area contributed by atoms with E-state index in [0.29, 0.717) is 19.4 Å². The number of carbonyl (C=O) groups is 2. The van der Waals surface area contributed by atoms with Gasteiger partial charge in [0.05, 0.1) is 0 Å². The Kier molecular flexibility index (Phi) is 4.38. The summed E-state index contributed by atoms with van der Waals surface area (Å²) < 4.78 is 0. The monoisotopic (exact) mass is 322 g/mol. The molecule has 3 rings (SSSR count). The standard InChI is InChI=1S/C20H22N2O2/c1-14-7-3-5-9-16(14)13-21-18(23)20(11-12-20)19(24)22-17-10-6-4-8-15(17)2/h3-10H,11-13H2,1-2H3,(H,21,23)(H,22,24). The van der Waals surface area contributed by atoms with Crippen molar-refractivity contribution in [2.24, 2.45) is 5.41 Å². The molecule has 2 amide bonds. The minimum atomic E-state index is -0.912. The first-order valence-electron chi connectivity index (χ1n) is 8.23. The smallest absolute Gasteiger partial charge is 0.240 e. The molecule has 0 bridgehead atoms. The topological polar surface area (TPSA) is 58.2 Å². The number of amides is 2. The number of para-hydroxylation sites is 1. The molecule has 0 radical (unpaired) electrons. The molecule has 2 N–H and O–H groups in total. The summed E-state index contributed by atoms with van der Waals surface area (Å²) in [7, 11) is 0. The number of hydrogen-bond acceptors (Lipinski definition) is 2. The van der Waals surface area contributed by atoms with Crippen LogP contribution in [0.15, 0.2) is 48.5 Å².